The molecule has 7 nitrogen and oxygen atoms in total. The van der Waals surface area contributed by atoms with Crippen LogP contribution in [0.3, 0.4) is 0 Å². The molecule has 2 aromatic rings. The summed E-state index contributed by atoms with van der Waals surface area (Å²) in [5.41, 5.74) is 1.97. The quantitative estimate of drug-likeness (QED) is 0.837. The monoisotopic (exact) mass is 315 g/mol. The van der Waals surface area contributed by atoms with Crippen molar-refractivity contribution in [1.82, 2.24) is 15.3 Å². The molecular weight excluding hydrogens is 298 g/mol. The standard InChI is InChI=1S/C16H17N3O4/c1-10-3-4-11(7-14(10)23-2)5-6-17-15(20)12-8-19-13(9-18-12)16(21)22/h3-4,7-9H,5-6H2,1-2H3,(H,17,20)(H,21,22). The Bertz CT molecular complexity index is 714. The van der Waals surface area contributed by atoms with Gasteiger partial charge in [-0.2, -0.15) is 0 Å². The number of ether oxygens (including phenoxy) is 1. The van der Waals surface area contributed by atoms with E-state index in [9.17, 15) is 9.59 Å². The zero-order valence-corrected chi connectivity index (χ0v) is 12.9. The fraction of sp³-hybridized carbons (Fsp3) is 0.250. The summed E-state index contributed by atoms with van der Waals surface area (Å²) in [5.74, 6) is -0.768. The van der Waals surface area contributed by atoms with E-state index in [0.717, 1.165) is 29.3 Å². The number of hydrogen-bond acceptors (Lipinski definition) is 5. The Labute approximate surface area is 133 Å². The third kappa shape index (κ3) is 4.26. The Morgan fingerprint density at radius 3 is 2.52 bits per heavy atom. The van der Waals surface area contributed by atoms with Gasteiger partial charge in [0.05, 0.1) is 19.5 Å². The van der Waals surface area contributed by atoms with Crippen LogP contribution < -0.4 is 10.1 Å². The maximum atomic E-state index is 11.9. The minimum atomic E-state index is -1.18. The first kappa shape index (κ1) is 16.4. The Morgan fingerprint density at radius 2 is 1.91 bits per heavy atom. The lowest BCUT2D eigenvalue weighted by Crippen LogP contribution is -2.26. The number of rotatable bonds is 6. The number of aromatic nitrogens is 2. The first-order valence-electron chi connectivity index (χ1n) is 6.98. The van der Waals surface area contributed by atoms with Crippen molar-refractivity contribution in [3.8, 4) is 5.75 Å². The second-order valence-corrected chi connectivity index (χ2v) is 4.90. The zero-order valence-electron chi connectivity index (χ0n) is 12.9. The first-order chi connectivity index (χ1) is 11.0. The van der Waals surface area contributed by atoms with Crippen molar-refractivity contribution in [2.45, 2.75) is 13.3 Å². The van der Waals surface area contributed by atoms with Gasteiger partial charge in [-0.1, -0.05) is 12.1 Å². The normalized spacial score (nSPS) is 10.2. The summed E-state index contributed by atoms with van der Waals surface area (Å²) in [6, 6.07) is 5.88. The van der Waals surface area contributed by atoms with Crippen molar-refractivity contribution in [2.24, 2.45) is 0 Å². The first-order valence-corrected chi connectivity index (χ1v) is 6.98. The number of nitrogens with zero attached hydrogens (tertiary/aromatic N) is 2. The smallest absolute Gasteiger partial charge is 0.356 e. The molecule has 0 saturated heterocycles. The lowest BCUT2D eigenvalue weighted by molar-refractivity contribution is 0.0689. The number of aryl methyl sites for hydroxylation is 1. The van der Waals surface area contributed by atoms with E-state index >= 15 is 0 Å². The molecular formula is C16H17N3O4. The highest BCUT2D eigenvalue weighted by molar-refractivity contribution is 5.92. The van der Waals surface area contributed by atoms with Crippen LogP contribution in [0.1, 0.15) is 32.1 Å². The molecule has 23 heavy (non-hydrogen) atoms. The molecule has 2 N–H and O–H groups in total. The largest absolute Gasteiger partial charge is 0.496 e. The van der Waals surface area contributed by atoms with E-state index in [1.807, 2.05) is 25.1 Å². The van der Waals surface area contributed by atoms with E-state index in [1.165, 1.54) is 0 Å². The molecule has 0 spiro atoms. The van der Waals surface area contributed by atoms with Gasteiger partial charge in [-0.25, -0.2) is 14.8 Å². The zero-order chi connectivity index (χ0) is 16.8. The second kappa shape index (κ2) is 7.35. The van der Waals surface area contributed by atoms with Crippen molar-refractivity contribution >= 4 is 11.9 Å². The summed E-state index contributed by atoms with van der Waals surface area (Å²) in [7, 11) is 1.62. The minimum absolute atomic E-state index is 0.0801. The maximum Gasteiger partial charge on any atom is 0.356 e. The van der Waals surface area contributed by atoms with Crippen molar-refractivity contribution in [1.29, 1.82) is 0 Å². The van der Waals surface area contributed by atoms with Crippen LogP contribution in [0.4, 0.5) is 0 Å². The summed E-state index contributed by atoms with van der Waals surface area (Å²) in [4.78, 5) is 30.0. The number of carboxylic acid groups (broad SMARTS) is 1. The minimum Gasteiger partial charge on any atom is -0.496 e. The molecule has 0 aliphatic rings. The van der Waals surface area contributed by atoms with E-state index in [-0.39, 0.29) is 11.4 Å². The molecule has 0 aliphatic carbocycles. The van der Waals surface area contributed by atoms with Crippen molar-refractivity contribution in [2.75, 3.05) is 13.7 Å². The van der Waals surface area contributed by atoms with E-state index in [4.69, 9.17) is 9.84 Å². The SMILES string of the molecule is COc1cc(CCNC(=O)c2cnc(C(=O)O)cn2)ccc1C. The molecule has 1 aromatic carbocycles. The number of methoxy groups -OCH3 is 1. The van der Waals surface area contributed by atoms with Crippen LogP contribution >= 0.6 is 0 Å². The Hall–Kier alpha value is -2.96. The highest BCUT2D eigenvalue weighted by atomic mass is 16.5. The Kier molecular flexibility index (Phi) is 5.24. The Morgan fingerprint density at radius 1 is 1.22 bits per heavy atom. The maximum absolute atomic E-state index is 11.9. The van der Waals surface area contributed by atoms with Crippen molar-refractivity contribution in [3.05, 3.63) is 53.1 Å². The lowest BCUT2D eigenvalue weighted by Gasteiger charge is -2.08. The molecule has 0 radical (unpaired) electrons. The molecule has 7 heteroatoms. The van der Waals surface area contributed by atoms with Gasteiger partial charge in [0.25, 0.3) is 5.91 Å². The summed E-state index contributed by atoms with van der Waals surface area (Å²) in [6.45, 7) is 2.39. The number of carbonyl (C=O) groups excluding carboxylic acids is 1. The topological polar surface area (TPSA) is 101 Å². The molecule has 1 amide bonds. The highest BCUT2D eigenvalue weighted by Gasteiger charge is 2.10. The fourth-order valence-electron chi connectivity index (χ4n) is 1.99. The number of hydrogen-bond donors (Lipinski definition) is 2. The van der Waals surface area contributed by atoms with Gasteiger partial charge >= 0.3 is 5.97 Å². The van der Waals surface area contributed by atoms with Gasteiger partial charge in [-0.15, -0.1) is 0 Å². The average molecular weight is 315 g/mol. The van der Waals surface area contributed by atoms with Crippen LogP contribution in [0.15, 0.2) is 30.6 Å². The third-order valence-electron chi connectivity index (χ3n) is 3.28. The van der Waals surface area contributed by atoms with Crippen LogP contribution in [0.5, 0.6) is 5.75 Å². The van der Waals surface area contributed by atoms with Crippen LogP contribution in [0.25, 0.3) is 0 Å². The molecule has 2 rings (SSSR count). The van der Waals surface area contributed by atoms with Crippen molar-refractivity contribution in [3.63, 3.8) is 0 Å². The van der Waals surface area contributed by atoms with Crippen LogP contribution in [-0.4, -0.2) is 40.6 Å². The van der Waals surface area contributed by atoms with Crippen LogP contribution in [0.2, 0.25) is 0 Å². The number of nitrogens with one attached hydrogen (secondary N) is 1. The molecule has 0 aliphatic heterocycles. The molecule has 0 atom stereocenters. The molecule has 0 bridgehead atoms. The van der Waals surface area contributed by atoms with Gasteiger partial charge in [0.2, 0.25) is 0 Å². The van der Waals surface area contributed by atoms with E-state index in [0.29, 0.717) is 13.0 Å². The summed E-state index contributed by atoms with van der Waals surface area (Å²) in [5, 5.41) is 11.4. The van der Waals surface area contributed by atoms with E-state index in [2.05, 4.69) is 15.3 Å². The van der Waals surface area contributed by atoms with Gasteiger partial charge in [-0.3, -0.25) is 4.79 Å². The summed E-state index contributed by atoms with van der Waals surface area (Å²) in [6.07, 6.45) is 2.85. The molecule has 1 aromatic heterocycles. The number of amides is 1. The van der Waals surface area contributed by atoms with Gasteiger partial charge < -0.3 is 15.2 Å². The summed E-state index contributed by atoms with van der Waals surface area (Å²) < 4.78 is 5.26. The average Bonchev–Trinajstić information content (AvgIpc) is 2.56. The Balaban J connectivity index is 1.90. The highest BCUT2D eigenvalue weighted by Crippen LogP contribution is 2.18. The van der Waals surface area contributed by atoms with Gasteiger partial charge in [0.1, 0.15) is 11.4 Å². The summed E-state index contributed by atoms with van der Waals surface area (Å²) >= 11 is 0. The fourth-order valence-corrected chi connectivity index (χ4v) is 1.99. The number of carbonyl (C=O) groups is 2. The van der Waals surface area contributed by atoms with Gasteiger partial charge in [0, 0.05) is 6.54 Å². The molecule has 0 saturated carbocycles. The van der Waals surface area contributed by atoms with Crippen LogP contribution in [-0.2, 0) is 6.42 Å². The number of carboxylic acids is 1. The van der Waals surface area contributed by atoms with Crippen LogP contribution in [0, 0.1) is 6.92 Å². The van der Waals surface area contributed by atoms with Gasteiger partial charge in [-0.05, 0) is 30.5 Å². The van der Waals surface area contributed by atoms with Crippen molar-refractivity contribution < 1.29 is 19.4 Å². The molecule has 0 unspecified atom stereocenters. The molecule has 1 heterocycles. The third-order valence-corrected chi connectivity index (χ3v) is 3.28. The predicted molar refractivity (Wildman–Crippen MR) is 82.8 cm³/mol. The van der Waals surface area contributed by atoms with E-state index in [1.54, 1.807) is 7.11 Å². The van der Waals surface area contributed by atoms with E-state index < -0.39 is 11.9 Å². The molecule has 120 valence electrons. The second-order valence-electron chi connectivity index (χ2n) is 4.90. The van der Waals surface area contributed by atoms with Gasteiger partial charge in [0.15, 0.2) is 5.69 Å². The predicted octanol–water partition coefficient (Wildman–Crippen LogP) is 1.46. The number of aromatic carboxylic acids is 1. The molecule has 0 fully saturated rings. The number of benzene rings is 1. The lowest BCUT2D eigenvalue weighted by atomic mass is 10.1.